The molecule has 0 amide bonds. The number of benzene rings is 4. The van der Waals surface area contributed by atoms with Crippen molar-refractivity contribution in [2.75, 3.05) is 13.7 Å². The molecule has 2 atom stereocenters. The molecule has 1 N–H and O–H groups in total. The highest BCUT2D eigenvalue weighted by Crippen LogP contribution is 2.53. The molecule has 1 aliphatic heterocycles. The Morgan fingerprint density at radius 2 is 1.65 bits per heavy atom. The largest absolute Gasteiger partial charge is 0.501 e. The number of nitrogens with zero attached hydrogens (tertiary/aromatic N) is 1. The van der Waals surface area contributed by atoms with Crippen LogP contribution in [-0.2, 0) is 21.0 Å². The van der Waals surface area contributed by atoms with E-state index in [9.17, 15) is 5.11 Å². The molecule has 0 saturated heterocycles. The van der Waals surface area contributed by atoms with Crippen LogP contribution in [0.4, 0.5) is 0 Å². The van der Waals surface area contributed by atoms with Crippen molar-refractivity contribution in [3.63, 3.8) is 0 Å². The third-order valence-electron chi connectivity index (χ3n) is 12.0. The van der Waals surface area contributed by atoms with E-state index in [0.717, 1.165) is 5.76 Å². The number of hydrogen-bond acceptors (Lipinski definition) is 3. The van der Waals surface area contributed by atoms with E-state index < -0.39 is 0 Å². The van der Waals surface area contributed by atoms with E-state index in [-0.39, 0.29) is 34.8 Å². The number of aliphatic hydroxyl groups is 1. The minimum Gasteiger partial charge on any atom is -0.501 e. The van der Waals surface area contributed by atoms with E-state index in [0.29, 0.717) is 12.8 Å². The Balaban J connectivity index is 1.50. The number of ether oxygens (including phenoxy) is 1. The lowest BCUT2D eigenvalue weighted by atomic mass is 9.63. The predicted octanol–water partition coefficient (Wildman–Crippen LogP) is 11.5. The van der Waals surface area contributed by atoms with Gasteiger partial charge in [-0.05, 0) is 92.1 Å². The van der Waals surface area contributed by atoms with Gasteiger partial charge in [-0.25, -0.2) is 0 Å². The number of thiophene rings is 1. The molecular weight excluding hydrogens is 619 g/mol. The van der Waals surface area contributed by atoms with Gasteiger partial charge >= 0.3 is 0 Å². The first-order chi connectivity index (χ1) is 23.2. The number of fused-ring (bicyclic) bond motifs is 12. The highest BCUT2D eigenvalue weighted by atomic mass is 32.1. The minimum atomic E-state index is -0.0474. The summed E-state index contributed by atoms with van der Waals surface area (Å²) < 4.78 is 11.0. The maximum Gasteiger partial charge on any atom is 0.221 e. The second-order valence-corrected chi connectivity index (χ2v) is 18.1. The van der Waals surface area contributed by atoms with Gasteiger partial charge in [0.05, 0.1) is 36.2 Å². The summed E-state index contributed by atoms with van der Waals surface area (Å²) in [4.78, 5) is 0. The van der Waals surface area contributed by atoms with Crippen LogP contribution in [0.3, 0.4) is 0 Å². The van der Waals surface area contributed by atoms with Crippen molar-refractivity contribution in [2.45, 2.75) is 102 Å². The molecule has 6 aromatic rings. The lowest BCUT2D eigenvalue weighted by Gasteiger charge is -2.42. The van der Waals surface area contributed by atoms with E-state index in [1.54, 1.807) is 12.7 Å². The molecule has 1 aliphatic carbocycles. The summed E-state index contributed by atoms with van der Waals surface area (Å²) in [7, 11) is 1.72. The molecule has 4 aromatic carbocycles. The van der Waals surface area contributed by atoms with Crippen molar-refractivity contribution in [2.24, 2.45) is 0 Å². The lowest BCUT2D eigenvalue weighted by Crippen LogP contribution is -2.48. The van der Waals surface area contributed by atoms with E-state index in [2.05, 4.69) is 126 Å². The van der Waals surface area contributed by atoms with Crippen LogP contribution in [-0.4, -0.2) is 18.8 Å². The maximum atomic E-state index is 10.5. The van der Waals surface area contributed by atoms with Gasteiger partial charge in [0.2, 0.25) is 5.69 Å². The van der Waals surface area contributed by atoms with Crippen molar-refractivity contribution in [3.8, 4) is 11.3 Å². The molecule has 3 nitrogen and oxygen atoms in total. The average molecular weight is 669 g/mol. The molecule has 4 heteroatoms. The summed E-state index contributed by atoms with van der Waals surface area (Å²) in [6.07, 6.45) is 6.06. The third kappa shape index (κ3) is 4.88. The van der Waals surface area contributed by atoms with Gasteiger partial charge in [0, 0.05) is 32.8 Å². The molecule has 2 aliphatic rings. The van der Waals surface area contributed by atoms with E-state index in [1.165, 1.54) is 82.5 Å². The summed E-state index contributed by atoms with van der Waals surface area (Å²) in [5, 5.41) is 18.4. The molecule has 3 heterocycles. The van der Waals surface area contributed by atoms with Crippen LogP contribution in [0, 0.1) is 0 Å². The second kappa shape index (κ2) is 11.1. The van der Waals surface area contributed by atoms with Crippen LogP contribution < -0.4 is 4.57 Å². The van der Waals surface area contributed by atoms with Crippen molar-refractivity contribution < 1.29 is 14.4 Å². The zero-order valence-corrected chi connectivity index (χ0v) is 31.3. The van der Waals surface area contributed by atoms with Crippen LogP contribution in [0.15, 0.2) is 79.2 Å². The van der Waals surface area contributed by atoms with Crippen molar-refractivity contribution in [3.05, 3.63) is 101 Å². The smallest absolute Gasteiger partial charge is 0.221 e. The fourth-order valence-corrected chi connectivity index (χ4v) is 10.8. The number of pyridine rings is 1. The van der Waals surface area contributed by atoms with Gasteiger partial charge in [-0.15, -0.1) is 11.3 Å². The number of aromatic nitrogens is 1. The molecule has 0 spiro atoms. The SMILES string of the molecule is C=C(CC1C(CCO)c2c(cc(C(C)(C)C)c3ccccc23)-c2c3cc4c(cc3cc[n+]21)sc1c2c(ccc14)C(C)(C)CCC2(C)C)OC. The standard InChI is InChI=1S/C45H50NO2S/c1-26(48-9)22-37-31(17-21-47)39-29-13-11-10-12-28(29)36(43(2,3)4)25-34(39)41-32-24-33-30-14-15-35-40(45(7,8)19-18-44(35,5)6)42(30)49-38(33)23-27(32)16-20-46(37)41/h10-16,20,23-25,31,37,47H,1,17-19,21-22H2,2-9H3/q+1. The number of allylic oxidation sites excluding steroid dienone is 1. The number of methoxy groups -OCH3 is 1. The Morgan fingerprint density at radius 3 is 2.37 bits per heavy atom. The van der Waals surface area contributed by atoms with E-state index in [4.69, 9.17) is 4.74 Å². The molecule has 8 rings (SSSR count). The van der Waals surface area contributed by atoms with Crippen LogP contribution in [0.5, 0.6) is 0 Å². The summed E-state index contributed by atoms with van der Waals surface area (Å²) in [6, 6.07) is 23.5. The number of hydrogen-bond donors (Lipinski definition) is 1. The first kappa shape index (κ1) is 32.5. The Hall–Kier alpha value is -3.73. The van der Waals surface area contributed by atoms with Crippen molar-refractivity contribution in [1.82, 2.24) is 0 Å². The van der Waals surface area contributed by atoms with Crippen LogP contribution in [0.25, 0.3) is 53.0 Å². The second-order valence-electron chi connectivity index (χ2n) is 17.1. The summed E-state index contributed by atoms with van der Waals surface area (Å²) in [6.45, 7) is 21.1. The van der Waals surface area contributed by atoms with Gasteiger partial charge in [0.15, 0.2) is 12.2 Å². The quantitative estimate of drug-likeness (QED) is 0.146. The van der Waals surface area contributed by atoms with Crippen molar-refractivity contribution in [1.29, 1.82) is 0 Å². The number of rotatable bonds is 5. The van der Waals surface area contributed by atoms with Gasteiger partial charge in [-0.2, -0.15) is 4.57 Å². The Bertz CT molecular complexity index is 2330. The van der Waals surface area contributed by atoms with Gasteiger partial charge < -0.3 is 9.84 Å². The fourth-order valence-electron chi connectivity index (χ4n) is 9.33. The fraction of sp³-hybridized carbons (Fsp3) is 0.400. The first-order valence-corrected chi connectivity index (χ1v) is 18.8. The Kier molecular flexibility index (Phi) is 7.38. The molecule has 0 bridgehead atoms. The molecule has 2 unspecified atom stereocenters. The zero-order valence-electron chi connectivity index (χ0n) is 30.5. The summed E-state index contributed by atoms with van der Waals surface area (Å²) in [5.74, 6) is 0.865. The van der Waals surface area contributed by atoms with Crippen LogP contribution in [0.2, 0.25) is 0 Å². The van der Waals surface area contributed by atoms with Crippen LogP contribution >= 0.6 is 11.3 Å². The average Bonchev–Trinajstić information content (AvgIpc) is 3.42. The topological polar surface area (TPSA) is 33.3 Å². The third-order valence-corrected chi connectivity index (χ3v) is 13.2. The Morgan fingerprint density at radius 1 is 0.918 bits per heavy atom. The summed E-state index contributed by atoms with van der Waals surface area (Å²) >= 11 is 1.98. The van der Waals surface area contributed by atoms with Gasteiger partial charge in [-0.1, -0.05) is 91.4 Å². The molecule has 252 valence electrons. The van der Waals surface area contributed by atoms with E-state index in [1.807, 2.05) is 11.3 Å². The molecule has 2 aromatic heterocycles. The normalized spacial score (nSPS) is 19.6. The molecule has 0 radical (unpaired) electrons. The highest BCUT2D eigenvalue weighted by molar-refractivity contribution is 7.26. The number of aliphatic hydroxyl groups excluding tert-OH is 1. The minimum absolute atomic E-state index is 0.0474. The van der Waals surface area contributed by atoms with Crippen LogP contribution in [0.1, 0.15) is 108 Å². The summed E-state index contributed by atoms with van der Waals surface area (Å²) in [5.41, 5.74) is 8.58. The zero-order chi connectivity index (χ0) is 34.6. The molecule has 0 fully saturated rings. The van der Waals surface area contributed by atoms with E-state index >= 15 is 0 Å². The van der Waals surface area contributed by atoms with Gasteiger partial charge in [0.25, 0.3) is 0 Å². The Labute approximate surface area is 295 Å². The molecule has 49 heavy (non-hydrogen) atoms. The van der Waals surface area contributed by atoms with Crippen molar-refractivity contribution >= 4 is 53.1 Å². The maximum absolute atomic E-state index is 10.5. The highest BCUT2D eigenvalue weighted by Gasteiger charge is 2.44. The van der Waals surface area contributed by atoms with Gasteiger partial charge in [0.1, 0.15) is 0 Å². The molecular formula is C45H50NO2S+. The first-order valence-electron chi connectivity index (χ1n) is 18.0. The predicted molar refractivity (Wildman–Crippen MR) is 208 cm³/mol. The monoisotopic (exact) mass is 668 g/mol. The lowest BCUT2D eigenvalue weighted by molar-refractivity contribution is -0.717. The van der Waals surface area contributed by atoms with Gasteiger partial charge in [-0.3, -0.25) is 0 Å². The molecule has 0 saturated carbocycles.